The van der Waals surface area contributed by atoms with Gasteiger partial charge >= 0.3 is 5.97 Å². The van der Waals surface area contributed by atoms with Gasteiger partial charge in [-0.1, -0.05) is 53.2 Å². The molecule has 3 rings (SSSR count). The van der Waals surface area contributed by atoms with E-state index in [0.29, 0.717) is 39.3 Å². The number of carboxylic acids is 1. The first-order chi connectivity index (χ1) is 19.0. The van der Waals surface area contributed by atoms with E-state index in [1.54, 1.807) is 6.20 Å². The Kier molecular flexibility index (Phi) is 11.4. The summed E-state index contributed by atoms with van der Waals surface area (Å²) in [5.41, 5.74) is 1.83. The number of rotatable bonds is 16. The highest BCUT2D eigenvalue weighted by atomic mass is 16.5. The maximum atomic E-state index is 13.6. The number of amides is 1. The Morgan fingerprint density at radius 1 is 1.12 bits per heavy atom. The second-order valence-electron chi connectivity index (χ2n) is 12.5. The molecule has 1 amide bonds. The van der Waals surface area contributed by atoms with Gasteiger partial charge in [-0.3, -0.25) is 9.59 Å². The van der Waals surface area contributed by atoms with Gasteiger partial charge < -0.3 is 24.8 Å². The van der Waals surface area contributed by atoms with Crippen LogP contribution in [0.3, 0.4) is 0 Å². The zero-order valence-electron chi connectivity index (χ0n) is 24.9. The second-order valence-corrected chi connectivity index (χ2v) is 12.5. The second kappa shape index (κ2) is 14.5. The van der Waals surface area contributed by atoms with E-state index in [1.165, 1.54) is 0 Å². The third-order valence-electron chi connectivity index (χ3n) is 7.18. The van der Waals surface area contributed by atoms with Crippen LogP contribution in [0.1, 0.15) is 71.4 Å². The first-order valence-electron chi connectivity index (χ1n) is 14.5. The smallest absolute Gasteiger partial charge is 0.304 e. The summed E-state index contributed by atoms with van der Waals surface area (Å²) in [5, 5.41) is 12.8. The predicted octanol–water partition coefficient (Wildman–Crippen LogP) is 5.81. The monoisotopic (exact) mass is 553 g/mol. The lowest BCUT2D eigenvalue weighted by atomic mass is 9.89. The number of benzene rings is 1. The molecule has 2 heterocycles. The van der Waals surface area contributed by atoms with E-state index in [4.69, 9.17) is 9.47 Å². The summed E-state index contributed by atoms with van der Waals surface area (Å²) >= 11 is 0. The molecule has 0 saturated heterocycles. The zero-order valence-corrected chi connectivity index (χ0v) is 24.9. The fourth-order valence-electron chi connectivity index (χ4n) is 5.30. The van der Waals surface area contributed by atoms with Crippen LogP contribution in [-0.4, -0.2) is 59.8 Å². The lowest BCUT2D eigenvalue weighted by Crippen LogP contribution is -2.43. The molecule has 40 heavy (non-hydrogen) atoms. The van der Waals surface area contributed by atoms with Gasteiger partial charge in [-0.05, 0) is 60.1 Å². The van der Waals surface area contributed by atoms with E-state index >= 15 is 0 Å². The van der Waals surface area contributed by atoms with Gasteiger partial charge in [0.1, 0.15) is 11.6 Å². The number of nitrogens with one attached hydrogen (secondary N) is 1. The number of hydrogen-bond acceptors (Lipinski definition) is 6. The van der Waals surface area contributed by atoms with E-state index in [2.05, 4.69) is 44.9 Å². The van der Waals surface area contributed by atoms with Gasteiger partial charge in [0, 0.05) is 31.2 Å². The van der Waals surface area contributed by atoms with Crippen molar-refractivity contribution < 1.29 is 24.2 Å². The maximum Gasteiger partial charge on any atom is 0.304 e. The molecule has 1 aromatic carbocycles. The lowest BCUT2D eigenvalue weighted by Gasteiger charge is -2.34. The molecule has 8 nitrogen and oxygen atoms in total. The summed E-state index contributed by atoms with van der Waals surface area (Å²) in [6, 6.07) is 11.7. The van der Waals surface area contributed by atoms with Crippen molar-refractivity contribution in [2.75, 3.05) is 38.2 Å². The molecule has 2 N–H and O–H groups in total. The highest BCUT2D eigenvalue weighted by Crippen LogP contribution is 2.31. The number of fused-ring (bicyclic) bond motifs is 1. The number of pyridine rings is 1. The largest absolute Gasteiger partial charge is 0.494 e. The number of carbonyl (C=O) groups excluding carboxylic acids is 1. The van der Waals surface area contributed by atoms with E-state index in [9.17, 15) is 14.7 Å². The molecule has 0 fully saturated rings. The Hall–Kier alpha value is -3.13. The van der Waals surface area contributed by atoms with Crippen molar-refractivity contribution in [2.24, 2.45) is 16.7 Å². The van der Waals surface area contributed by atoms with Gasteiger partial charge in [0.25, 0.3) is 0 Å². The molecular weight excluding hydrogens is 506 g/mol. The standard InChI is InChI=1S/C32H47N3O5/c1-6-13-31(2,3)22-39-23-32(4,5)21-35-20-26-18-27(40-16-9-15-34-28-10-7-8-14-33-28)12-11-24(26)17-25(30(35)38)19-29(36)37/h7-8,10-12,14,18,25H,6,9,13,15-17,19-23H2,1-5H3,(H,33,34)(H,36,37)/t25-/m0/s1. The van der Waals surface area contributed by atoms with Crippen molar-refractivity contribution in [3.05, 3.63) is 53.7 Å². The zero-order chi connectivity index (χ0) is 29.2. The summed E-state index contributed by atoms with van der Waals surface area (Å²) in [4.78, 5) is 31.3. The molecule has 0 radical (unpaired) electrons. The highest BCUT2D eigenvalue weighted by Gasteiger charge is 2.34. The van der Waals surface area contributed by atoms with Gasteiger partial charge in [-0.15, -0.1) is 0 Å². The van der Waals surface area contributed by atoms with Crippen LogP contribution in [0, 0.1) is 16.7 Å². The Balaban J connectivity index is 1.65. The summed E-state index contributed by atoms with van der Waals surface area (Å²) in [6.07, 6.45) is 5.00. The van der Waals surface area contributed by atoms with Crippen LogP contribution in [-0.2, 0) is 27.3 Å². The van der Waals surface area contributed by atoms with Crippen molar-refractivity contribution in [2.45, 2.75) is 73.3 Å². The summed E-state index contributed by atoms with van der Waals surface area (Å²) < 4.78 is 12.2. The molecule has 1 atom stereocenters. The molecule has 1 aliphatic heterocycles. The summed E-state index contributed by atoms with van der Waals surface area (Å²) in [5.74, 6) is -0.0705. The topological polar surface area (TPSA) is 101 Å². The lowest BCUT2D eigenvalue weighted by molar-refractivity contribution is -0.145. The number of nitrogens with zero attached hydrogens (tertiary/aromatic N) is 2. The van der Waals surface area contributed by atoms with Crippen LogP contribution in [0.5, 0.6) is 5.75 Å². The molecule has 2 aromatic rings. The molecule has 0 spiro atoms. The normalized spacial score (nSPS) is 15.9. The molecule has 0 bridgehead atoms. The van der Waals surface area contributed by atoms with Gasteiger partial charge in [0.2, 0.25) is 5.91 Å². The SMILES string of the molecule is CCCC(C)(C)COCC(C)(C)CN1Cc2cc(OCCCNc3ccccn3)ccc2C[C@@H](CC(=O)O)C1=O. The third kappa shape index (κ3) is 10.1. The minimum Gasteiger partial charge on any atom is -0.494 e. The van der Waals surface area contributed by atoms with Crippen LogP contribution in [0.2, 0.25) is 0 Å². The van der Waals surface area contributed by atoms with Crippen molar-refractivity contribution in [3.63, 3.8) is 0 Å². The molecule has 1 aromatic heterocycles. The van der Waals surface area contributed by atoms with E-state index in [0.717, 1.165) is 48.5 Å². The summed E-state index contributed by atoms with van der Waals surface area (Å²) in [6.45, 7) is 14.2. The Labute approximate surface area is 239 Å². The molecule has 220 valence electrons. The number of aliphatic carboxylic acids is 1. The summed E-state index contributed by atoms with van der Waals surface area (Å²) in [7, 11) is 0. The van der Waals surface area contributed by atoms with Crippen LogP contribution in [0.4, 0.5) is 5.82 Å². The quantitative estimate of drug-likeness (QED) is 0.253. The molecular formula is C32H47N3O5. The molecule has 0 saturated carbocycles. The average molecular weight is 554 g/mol. The molecule has 0 aliphatic carbocycles. The maximum absolute atomic E-state index is 13.6. The fraction of sp³-hybridized carbons (Fsp3) is 0.594. The Bertz CT molecular complexity index is 1100. The Morgan fingerprint density at radius 3 is 2.60 bits per heavy atom. The number of aromatic nitrogens is 1. The number of hydrogen-bond donors (Lipinski definition) is 2. The van der Waals surface area contributed by atoms with Crippen LogP contribution in [0.15, 0.2) is 42.6 Å². The third-order valence-corrected chi connectivity index (χ3v) is 7.18. The molecule has 0 unspecified atom stereocenters. The van der Waals surface area contributed by atoms with E-state index < -0.39 is 11.9 Å². The highest BCUT2D eigenvalue weighted by molar-refractivity contribution is 5.84. The van der Waals surface area contributed by atoms with Crippen LogP contribution < -0.4 is 10.1 Å². The van der Waals surface area contributed by atoms with Gasteiger partial charge in [-0.2, -0.15) is 0 Å². The van der Waals surface area contributed by atoms with E-state index in [-0.39, 0.29) is 23.2 Å². The number of anilines is 1. The average Bonchev–Trinajstić information content (AvgIpc) is 2.99. The van der Waals surface area contributed by atoms with Crippen molar-refractivity contribution in [1.29, 1.82) is 0 Å². The fourth-order valence-corrected chi connectivity index (χ4v) is 5.30. The molecule has 1 aliphatic rings. The van der Waals surface area contributed by atoms with Crippen molar-refractivity contribution in [3.8, 4) is 5.75 Å². The first kappa shape index (κ1) is 31.4. The Morgan fingerprint density at radius 2 is 1.90 bits per heavy atom. The van der Waals surface area contributed by atoms with Crippen LogP contribution >= 0.6 is 0 Å². The number of ether oxygens (including phenoxy) is 2. The van der Waals surface area contributed by atoms with Gasteiger partial charge in [0.05, 0.1) is 32.2 Å². The minimum atomic E-state index is -0.957. The van der Waals surface area contributed by atoms with Crippen molar-refractivity contribution in [1.82, 2.24) is 9.88 Å². The minimum absolute atomic E-state index is 0.110. The first-order valence-corrected chi connectivity index (χ1v) is 14.5. The van der Waals surface area contributed by atoms with Crippen molar-refractivity contribution >= 4 is 17.7 Å². The number of carboxylic acid groups (broad SMARTS) is 1. The number of carbonyl (C=O) groups is 2. The van der Waals surface area contributed by atoms with Gasteiger partial charge in [-0.25, -0.2) is 4.98 Å². The van der Waals surface area contributed by atoms with Gasteiger partial charge in [0.15, 0.2) is 0 Å². The predicted molar refractivity (Wildman–Crippen MR) is 157 cm³/mol. The molecule has 8 heteroatoms. The van der Waals surface area contributed by atoms with E-state index in [1.807, 2.05) is 41.3 Å². The van der Waals surface area contributed by atoms with Crippen LogP contribution in [0.25, 0.3) is 0 Å².